The number of carboxylic acid groups (broad SMARTS) is 1. The standard InChI is InChI=1S/C14H12N4O5.C8H11NO.C2H6.CH2O2/c1-9(7-15-17-8-13(19)16-14(17)20)23-10(2)11-3-5-12(6-4-11)18(21)22;1-9-8-4-2-7(6-10)3-5-8;1-2;2-1-3/h3-7H,1-2,8H2,(H,16,19,20);2-5,9-10H,6H2,1H3;1-2H3;1H,(H,2,3)/b15-7+;;;. The Morgan fingerprint density at radius 3 is 2.16 bits per heavy atom. The van der Waals surface area contributed by atoms with Gasteiger partial charge in [0.15, 0.2) is 0 Å². The second-order valence-electron chi connectivity index (χ2n) is 6.66. The zero-order valence-corrected chi connectivity index (χ0v) is 21.3. The highest BCUT2D eigenvalue weighted by atomic mass is 16.6. The molecule has 13 heteroatoms. The van der Waals surface area contributed by atoms with Crippen LogP contribution >= 0.6 is 0 Å². The monoisotopic (exact) mass is 529 g/mol. The number of carbonyl (C=O) groups excluding carboxylic acids is 2. The molecular weight excluding hydrogens is 498 g/mol. The van der Waals surface area contributed by atoms with Crippen LogP contribution in [0.3, 0.4) is 0 Å². The molecule has 0 radical (unpaired) electrons. The molecule has 1 saturated heterocycles. The normalized spacial score (nSPS) is 11.4. The van der Waals surface area contributed by atoms with E-state index in [9.17, 15) is 19.7 Å². The molecule has 0 unspecified atom stereocenters. The SMILES string of the molecule is C=C(/C=N/N1CC(=O)NC1=O)OC(=C)c1ccc([N+](=O)[O-])cc1.CC.CNc1ccc(CO)cc1.O=CO. The highest BCUT2D eigenvalue weighted by molar-refractivity contribution is 6.02. The van der Waals surface area contributed by atoms with Crippen LogP contribution in [-0.2, 0) is 20.9 Å². The number of nitrogens with one attached hydrogen (secondary N) is 2. The molecule has 0 atom stereocenters. The van der Waals surface area contributed by atoms with Crippen molar-refractivity contribution in [1.29, 1.82) is 0 Å². The highest BCUT2D eigenvalue weighted by Crippen LogP contribution is 2.20. The van der Waals surface area contributed by atoms with Gasteiger partial charge in [0.05, 0.1) is 17.7 Å². The first kappa shape index (κ1) is 33.0. The lowest BCUT2D eigenvalue weighted by Crippen LogP contribution is -2.24. The van der Waals surface area contributed by atoms with Gasteiger partial charge in [0, 0.05) is 30.4 Å². The molecule has 2 aromatic rings. The molecule has 0 aliphatic carbocycles. The molecule has 1 aliphatic heterocycles. The Morgan fingerprint density at radius 1 is 1.18 bits per heavy atom. The number of nitro groups is 1. The zero-order valence-electron chi connectivity index (χ0n) is 21.3. The topological polar surface area (TPSA) is 184 Å². The quantitative estimate of drug-likeness (QED) is 0.0991. The second-order valence-corrected chi connectivity index (χ2v) is 6.66. The lowest BCUT2D eigenvalue weighted by atomic mass is 10.2. The number of aliphatic hydroxyl groups excluding tert-OH is 1. The summed E-state index contributed by atoms with van der Waals surface area (Å²) in [6, 6.07) is 12.6. The van der Waals surface area contributed by atoms with Crippen molar-refractivity contribution in [3.63, 3.8) is 0 Å². The molecule has 2 aromatic carbocycles. The van der Waals surface area contributed by atoms with Gasteiger partial charge in [-0.1, -0.05) is 39.1 Å². The number of allylic oxidation sites excluding steroid dienone is 1. The summed E-state index contributed by atoms with van der Waals surface area (Å²) in [5.74, 6) is -0.159. The van der Waals surface area contributed by atoms with Gasteiger partial charge in [0.25, 0.3) is 12.2 Å². The van der Waals surface area contributed by atoms with E-state index in [4.69, 9.17) is 19.7 Å². The maximum absolute atomic E-state index is 11.3. The lowest BCUT2D eigenvalue weighted by molar-refractivity contribution is -0.384. The smallest absolute Gasteiger partial charge is 0.344 e. The van der Waals surface area contributed by atoms with Gasteiger partial charge in [0.2, 0.25) is 5.91 Å². The number of rotatable bonds is 8. The van der Waals surface area contributed by atoms with Crippen molar-refractivity contribution in [2.75, 3.05) is 18.9 Å². The minimum absolute atomic E-state index is 0.0494. The summed E-state index contributed by atoms with van der Waals surface area (Å²) in [7, 11) is 1.87. The number of amides is 3. The predicted molar refractivity (Wildman–Crippen MR) is 143 cm³/mol. The molecule has 0 saturated carbocycles. The van der Waals surface area contributed by atoms with Crippen molar-refractivity contribution < 1.29 is 34.3 Å². The summed E-state index contributed by atoms with van der Waals surface area (Å²) < 4.78 is 5.31. The number of imide groups is 1. The van der Waals surface area contributed by atoms with Crippen LogP contribution in [0.15, 0.2) is 72.5 Å². The Hall–Kier alpha value is -5.04. The van der Waals surface area contributed by atoms with Gasteiger partial charge in [-0.3, -0.25) is 25.0 Å². The van der Waals surface area contributed by atoms with Crippen LogP contribution in [0.4, 0.5) is 16.2 Å². The summed E-state index contributed by atoms with van der Waals surface area (Å²) in [4.78, 5) is 40.7. The molecule has 13 nitrogen and oxygen atoms in total. The number of carbonyl (C=O) groups is 3. The van der Waals surface area contributed by atoms with E-state index in [-0.39, 0.29) is 36.8 Å². The van der Waals surface area contributed by atoms with Gasteiger partial charge in [0.1, 0.15) is 18.1 Å². The van der Waals surface area contributed by atoms with E-state index >= 15 is 0 Å². The molecule has 1 heterocycles. The van der Waals surface area contributed by atoms with Crippen LogP contribution in [0.5, 0.6) is 0 Å². The molecule has 4 N–H and O–H groups in total. The fourth-order valence-electron chi connectivity index (χ4n) is 2.45. The summed E-state index contributed by atoms with van der Waals surface area (Å²) in [6.07, 6.45) is 1.16. The summed E-state index contributed by atoms with van der Waals surface area (Å²) in [5.41, 5.74) is 2.49. The Bertz CT molecular complexity index is 1090. The third-order valence-corrected chi connectivity index (χ3v) is 4.19. The summed E-state index contributed by atoms with van der Waals surface area (Å²) in [5, 5.41) is 35.9. The number of aliphatic hydroxyl groups is 1. The highest BCUT2D eigenvalue weighted by Gasteiger charge is 2.26. The van der Waals surface area contributed by atoms with Crippen LogP contribution in [0.25, 0.3) is 5.76 Å². The van der Waals surface area contributed by atoms with Gasteiger partial charge >= 0.3 is 6.03 Å². The fourth-order valence-corrected chi connectivity index (χ4v) is 2.45. The van der Waals surface area contributed by atoms with E-state index < -0.39 is 16.9 Å². The number of hydrogen-bond acceptors (Lipinski definition) is 9. The molecule has 38 heavy (non-hydrogen) atoms. The number of benzene rings is 2. The van der Waals surface area contributed by atoms with Gasteiger partial charge in [-0.2, -0.15) is 5.10 Å². The lowest BCUT2D eigenvalue weighted by Gasteiger charge is -2.09. The number of hydrogen-bond donors (Lipinski definition) is 4. The van der Waals surface area contributed by atoms with Crippen LogP contribution in [0.1, 0.15) is 25.0 Å². The molecule has 3 rings (SSSR count). The molecule has 1 fully saturated rings. The van der Waals surface area contributed by atoms with E-state index in [1.165, 1.54) is 24.3 Å². The van der Waals surface area contributed by atoms with E-state index in [2.05, 4.69) is 28.9 Å². The third-order valence-electron chi connectivity index (χ3n) is 4.19. The molecule has 1 aliphatic rings. The van der Waals surface area contributed by atoms with E-state index in [0.717, 1.165) is 22.5 Å². The summed E-state index contributed by atoms with van der Waals surface area (Å²) in [6.45, 7) is 11.0. The maximum atomic E-state index is 11.3. The number of hydrazone groups is 1. The Kier molecular flexibility index (Phi) is 15.8. The molecule has 0 aromatic heterocycles. The largest absolute Gasteiger partial charge is 0.483 e. The molecule has 0 spiro atoms. The van der Waals surface area contributed by atoms with Crippen molar-refractivity contribution in [2.24, 2.45) is 5.10 Å². The zero-order chi connectivity index (χ0) is 29.1. The van der Waals surface area contributed by atoms with Crippen LogP contribution in [0, 0.1) is 10.1 Å². The second kappa shape index (κ2) is 18.3. The number of non-ortho nitro benzene ring substituents is 1. The van der Waals surface area contributed by atoms with E-state index in [1.54, 1.807) is 0 Å². The van der Waals surface area contributed by atoms with E-state index in [0.29, 0.717) is 5.56 Å². The number of nitrogens with zero attached hydrogens (tertiary/aromatic N) is 3. The Labute approximate surface area is 219 Å². The number of anilines is 1. The van der Waals surface area contributed by atoms with E-state index in [1.807, 2.05) is 45.2 Å². The maximum Gasteiger partial charge on any atom is 0.344 e. The number of nitro benzene ring substituents is 1. The first-order valence-electron chi connectivity index (χ1n) is 11.1. The minimum Gasteiger partial charge on any atom is -0.483 e. The summed E-state index contributed by atoms with van der Waals surface area (Å²) >= 11 is 0. The van der Waals surface area contributed by atoms with Crippen LogP contribution in [0.2, 0.25) is 0 Å². The number of urea groups is 1. The van der Waals surface area contributed by atoms with Gasteiger partial charge in [-0.05, 0) is 29.8 Å². The average molecular weight is 530 g/mol. The average Bonchev–Trinajstić information content (AvgIpc) is 3.26. The van der Waals surface area contributed by atoms with Crippen molar-refractivity contribution in [3.8, 4) is 0 Å². The van der Waals surface area contributed by atoms with Crippen LogP contribution in [-0.4, -0.2) is 58.4 Å². The van der Waals surface area contributed by atoms with Crippen molar-refractivity contribution in [3.05, 3.63) is 88.7 Å². The first-order chi connectivity index (χ1) is 18.1. The molecular formula is C25H31N5O8. The Balaban J connectivity index is 0.000000756. The van der Waals surface area contributed by atoms with Crippen molar-refractivity contribution in [1.82, 2.24) is 10.3 Å². The number of ether oxygens (including phenoxy) is 1. The molecule has 0 bridgehead atoms. The van der Waals surface area contributed by atoms with Gasteiger partial charge in [-0.15, -0.1) is 0 Å². The van der Waals surface area contributed by atoms with Crippen molar-refractivity contribution in [2.45, 2.75) is 20.5 Å². The Morgan fingerprint density at radius 2 is 1.74 bits per heavy atom. The fraction of sp³-hybridized carbons (Fsp3) is 0.200. The third kappa shape index (κ3) is 12.1. The van der Waals surface area contributed by atoms with Crippen molar-refractivity contribution >= 4 is 41.8 Å². The van der Waals surface area contributed by atoms with Gasteiger partial charge < -0.3 is 20.3 Å². The minimum atomic E-state index is -0.631. The predicted octanol–water partition coefficient (Wildman–Crippen LogP) is 3.58. The van der Waals surface area contributed by atoms with Gasteiger partial charge in [-0.25, -0.2) is 9.80 Å². The molecule has 204 valence electrons. The molecule has 3 amide bonds. The first-order valence-corrected chi connectivity index (χ1v) is 11.1. The van der Waals surface area contributed by atoms with Crippen LogP contribution < -0.4 is 10.6 Å².